The number of ether oxygens (including phenoxy) is 2. The number of carboxylic acids is 1. The number of rotatable bonds is 5. The summed E-state index contributed by atoms with van der Waals surface area (Å²) >= 11 is 0. The number of hydrogen-bond acceptors (Lipinski definition) is 5. The first kappa shape index (κ1) is 22.5. The molecule has 0 spiro atoms. The van der Waals surface area contributed by atoms with Crippen molar-refractivity contribution in [3.63, 3.8) is 0 Å². The lowest BCUT2D eigenvalue weighted by atomic mass is 10.1. The number of carbonyl (C=O) groups is 3. The van der Waals surface area contributed by atoms with E-state index in [0.29, 0.717) is 11.1 Å². The van der Waals surface area contributed by atoms with Gasteiger partial charge in [-0.05, 0) is 54.6 Å². The van der Waals surface area contributed by atoms with Crippen molar-refractivity contribution < 1.29 is 29.0 Å². The number of benzene rings is 3. The Morgan fingerprint density at radius 3 is 1.58 bits per heavy atom. The van der Waals surface area contributed by atoms with Crippen LogP contribution in [0.2, 0.25) is 0 Å². The number of hydrogen-bond donors (Lipinski definition) is 3. The van der Waals surface area contributed by atoms with E-state index in [9.17, 15) is 19.5 Å². The maximum absolute atomic E-state index is 12.2. The SMILES string of the molecule is C#Cc1cccc(OC(=O)Nc2cc(NC(=O)Oc3cccc(C#C)c3)cc(C(=O)O)c2)c1. The molecule has 0 saturated heterocycles. The van der Waals surface area contributed by atoms with Crippen molar-refractivity contribution in [2.24, 2.45) is 0 Å². The second-order valence-corrected chi connectivity index (χ2v) is 6.48. The summed E-state index contributed by atoms with van der Waals surface area (Å²) < 4.78 is 10.3. The molecule has 8 heteroatoms. The van der Waals surface area contributed by atoms with E-state index in [1.165, 1.54) is 42.5 Å². The first-order valence-corrected chi connectivity index (χ1v) is 9.35. The Hall–Kier alpha value is -5.21. The van der Waals surface area contributed by atoms with Gasteiger partial charge in [0.05, 0.1) is 5.56 Å². The third-order valence-corrected chi connectivity index (χ3v) is 4.10. The molecule has 3 rings (SSSR count). The highest BCUT2D eigenvalue weighted by molar-refractivity contribution is 5.96. The van der Waals surface area contributed by atoms with E-state index in [0.717, 1.165) is 0 Å². The topological polar surface area (TPSA) is 114 Å². The van der Waals surface area contributed by atoms with Crippen LogP contribution in [0.25, 0.3) is 0 Å². The van der Waals surface area contributed by atoms with Gasteiger partial charge < -0.3 is 14.6 Å². The molecule has 0 heterocycles. The van der Waals surface area contributed by atoms with Crippen molar-refractivity contribution in [2.45, 2.75) is 0 Å². The van der Waals surface area contributed by atoms with Crippen LogP contribution in [0.3, 0.4) is 0 Å². The molecular weight excluding hydrogens is 424 g/mol. The molecule has 162 valence electrons. The van der Waals surface area contributed by atoms with Crippen LogP contribution < -0.4 is 20.1 Å². The molecule has 3 aromatic carbocycles. The number of nitrogens with one attached hydrogen (secondary N) is 2. The van der Waals surface area contributed by atoms with Gasteiger partial charge in [0, 0.05) is 22.5 Å². The summed E-state index contributed by atoms with van der Waals surface area (Å²) in [4.78, 5) is 35.9. The van der Waals surface area contributed by atoms with E-state index in [2.05, 4.69) is 22.5 Å². The van der Waals surface area contributed by atoms with Gasteiger partial charge in [-0.25, -0.2) is 14.4 Å². The maximum atomic E-state index is 12.2. The fourth-order valence-corrected chi connectivity index (χ4v) is 2.69. The molecule has 33 heavy (non-hydrogen) atoms. The average molecular weight is 440 g/mol. The van der Waals surface area contributed by atoms with Gasteiger partial charge in [0.15, 0.2) is 0 Å². The van der Waals surface area contributed by atoms with Gasteiger partial charge in [-0.2, -0.15) is 0 Å². The minimum absolute atomic E-state index is 0.0673. The maximum Gasteiger partial charge on any atom is 0.417 e. The summed E-state index contributed by atoms with van der Waals surface area (Å²) in [6.45, 7) is 0. The van der Waals surface area contributed by atoms with Gasteiger partial charge in [-0.15, -0.1) is 12.8 Å². The highest BCUT2D eigenvalue weighted by Gasteiger charge is 2.13. The zero-order valence-corrected chi connectivity index (χ0v) is 17.0. The Morgan fingerprint density at radius 1 is 0.727 bits per heavy atom. The summed E-state index contributed by atoms with van der Waals surface area (Å²) in [5.41, 5.74) is 0.985. The molecule has 0 aliphatic heterocycles. The van der Waals surface area contributed by atoms with Crippen LogP contribution in [0.5, 0.6) is 11.5 Å². The molecule has 0 aliphatic rings. The fourth-order valence-electron chi connectivity index (χ4n) is 2.69. The van der Waals surface area contributed by atoms with Crippen molar-refractivity contribution in [1.82, 2.24) is 0 Å². The first-order valence-electron chi connectivity index (χ1n) is 9.35. The van der Waals surface area contributed by atoms with E-state index >= 15 is 0 Å². The lowest BCUT2D eigenvalue weighted by Crippen LogP contribution is -2.19. The van der Waals surface area contributed by atoms with Crippen molar-refractivity contribution in [1.29, 1.82) is 0 Å². The third-order valence-electron chi connectivity index (χ3n) is 4.10. The van der Waals surface area contributed by atoms with Gasteiger partial charge in [0.1, 0.15) is 11.5 Å². The van der Waals surface area contributed by atoms with Gasteiger partial charge in [0.2, 0.25) is 0 Å². The lowest BCUT2D eigenvalue weighted by Gasteiger charge is -2.11. The number of amides is 2. The largest absolute Gasteiger partial charge is 0.478 e. The highest BCUT2D eigenvalue weighted by Crippen LogP contribution is 2.21. The van der Waals surface area contributed by atoms with E-state index in [-0.39, 0.29) is 28.4 Å². The van der Waals surface area contributed by atoms with Crippen LogP contribution >= 0.6 is 0 Å². The third kappa shape index (κ3) is 6.38. The second-order valence-electron chi connectivity index (χ2n) is 6.48. The van der Waals surface area contributed by atoms with Crippen molar-refractivity contribution >= 4 is 29.5 Å². The Kier molecular flexibility index (Phi) is 6.95. The van der Waals surface area contributed by atoms with Crippen LogP contribution in [0, 0.1) is 24.7 Å². The van der Waals surface area contributed by atoms with Crippen molar-refractivity contribution in [3.8, 4) is 36.2 Å². The van der Waals surface area contributed by atoms with E-state index in [4.69, 9.17) is 22.3 Å². The van der Waals surface area contributed by atoms with Crippen LogP contribution in [0.15, 0.2) is 66.7 Å². The molecule has 0 aromatic heterocycles. The summed E-state index contributed by atoms with van der Waals surface area (Å²) in [5, 5.41) is 14.2. The minimum atomic E-state index is -1.27. The first-order chi connectivity index (χ1) is 15.9. The summed E-state index contributed by atoms with van der Waals surface area (Å²) in [5.74, 6) is 3.97. The Labute approximate surface area is 189 Å². The molecule has 8 nitrogen and oxygen atoms in total. The summed E-state index contributed by atoms with van der Waals surface area (Å²) in [6, 6.07) is 16.4. The fraction of sp³-hybridized carbons (Fsp3) is 0. The molecule has 0 aliphatic carbocycles. The average Bonchev–Trinajstić information content (AvgIpc) is 2.78. The van der Waals surface area contributed by atoms with Gasteiger partial charge in [-0.3, -0.25) is 10.6 Å². The molecule has 0 atom stereocenters. The van der Waals surface area contributed by atoms with Gasteiger partial charge in [-0.1, -0.05) is 24.0 Å². The van der Waals surface area contributed by atoms with Gasteiger partial charge >= 0.3 is 18.2 Å². The zero-order valence-electron chi connectivity index (χ0n) is 17.0. The van der Waals surface area contributed by atoms with Crippen LogP contribution in [-0.4, -0.2) is 23.3 Å². The minimum Gasteiger partial charge on any atom is -0.478 e. The van der Waals surface area contributed by atoms with Crippen LogP contribution in [0.4, 0.5) is 21.0 Å². The molecule has 0 saturated carbocycles. The number of aromatic carboxylic acids is 1. The summed E-state index contributed by atoms with van der Waals surface area (Å²) in [7, 11) is 0. The Morgan fingerprint density at radius 2 is 1.18 bits per heavy atom. The van der Waals surface area contributed by atoms with Gasteiger partial charge in [0.25, 0.3) is 0 Å². The quantitative estimate of drug-likeness (QED) is 0.501. The Bertz CT molecular complexity index is 1230. The molecule has 3 aromatic rings. The number of carboxylic acid groups (broad SMARTS) is 1. The standard InChI is InChI=1S/C25H16N2O6/c1-3-16-7-5-9-21(11-16)32-24(30)26-19-13-18(23(28)29)14-20(15-19)27-25(31)33-22-10-6-8-17(4-2)12-22/h1-2,5-15H,(H,26,30)(H,27,31)(H,28,29). The zero-order chi connectivity index (χ0) is 23.8. The monoisotopic (exact) mass is 440 g/mol. The molecule has 0 fully saturated rings. The molecule has 0 unspecified atom stereocenters. The van der Waals surface area contributed by atoms with E-state index in [1.807, 2.05) is 0 Å². The van der Waals surface area contributed by atoms with Crippen molar-refractivity contribution in [3.05, 3.63) is 83.4 Å². The van der Waals surface area contributed by atoms with E-state index < -0.39 is 18.2 Å². The highest BCUT2D eigenvalue weighted by atomic mass is 16.6. The molecule has 0 radical (unpaired) electrons. The van der Waals surface area contributed by atoms with Crippen LogP contribution in [0.1, 0.15) is 21.5 Å². The smallest absolute Gasteiger partial charge is 0.417 e. The predicted octanol–water partition coefficient (Wildman–Crippen LogP) is 4.57. The normalized spacial score (nSPS) is 9.64. The second kappa shape index (κ2) is 10.2. The lowest BCUT2D eigenvalue weighted by molar-refractivity contribution is 0.0696. The molecule has 2 amide bonds. The number of carbonyl (C=O) groups excluding carboxylic acids is 2. The van der Waals surface area contributed by atoms with Crippen LogP contribution in [-0.2, 0) is 0 Å². The Balaban J connectivity index is 1.74. The summed E-state index contributed by atoms with van der Waals surface area (Å²) in [6.07, 6.45) is 8.88. The molecule has 0 bridgehead atoms. The molecule has 3 N–H and O–H groups in total. The predicted molar refractivity (Wildman–Crippen MR) is 121 cm³/mol. The number of anilines is 2. The number of terminal acetylenes is 2. The molecular formula is C25H16N2O6. The van der Waals surface area contributed by atoms with Crippen molar-refractivity contribution in [2.75, 3.05) is 10.6 Å². The van der Waals surface area contributed by atoms with E-state index in [1.54, 1.807) is 24.3 Å².